The summed E-state index contributed by atoms with van der Waals surface area (Å²) in [4.78, 5) is 55.2. The topological polar surface area (TPSA) is 149 Å². The Kier molecular flexibility index (Phi) is 6.77. The van der Waals surface area contributed by atoms with Gasteiger partial charge in [-0.05, 0) is 43.2 Å². The summed E-state index contributed by atoms with van der Waals surface area (Å²) in [5.74, 6) is -2.61. The van der Waals surface area contributed by atoms with E-state index < -0.39 is 34.4 Å². The van der Waals surface area contributed by atoms with E-state index in [9.17, 15) is 29.6 Å². The Hall–Kier alpha value is -4.58. The largest absolute Gasteiger partial charge is 0.507 e. The third-order valence-corrected chi connectivity index (χ3v) is 7.03. The van der Waals surface area contributed by atoms with Crippen LogP contribution in [0.3, 0.4) is 0 Å². The monoisotopic (exact) mass is 523 g/mol. The van der Waals surface area contributed by atoms with Crippen molar-refractivity contribution in [3.63, 3.8) is 0 Å². The minimum atomic E-state index is -1.25. The Labute approximate surface area is 214 Å². The summed E-state index contributed by atoms with van der Waals surface area (Å²) in [6.07, 6.45) is 0. The maximum atomic E-state index is 13.3. The molecule has 1 aliphatic heterocycles. The number of hydrogen-bond donors (Lipinski definition) is 1. The fraction of sp³-hybridized carbons (Fsp3) is 0.200. The zero-order chi connectivity index (χ0) is 27.0. The minimum Gasteiger partial charge on any atom is -0.507 e. The van der Waals surface area contributed by atoms with Gasteiger partial charge in [0.25, 0.3) is 11.5 Å². The molecular weight excluding hydrogens is 502 g/mol. The first-order valence-electron chi connectivity index (χ1n) is 10.8. The third kappa shape index (κ3) is 4.42. The number of aliphatic hydroxyl groups excluding tert-OH is 1. The Morgan fingerprint density at radius 2 is 1.89 bits per heavy atom. The molecule has 12 heteroatoms. The number of amides is 1. The van der Waals surface area contributed by atoms with Crippen molar-refractivity contribution in [2.75, 3.05) is 19.1 Å². The zero-order valence-corrected chi connectivity index (χ0v) is 21.0. The molecule has 1 N–H and O–H groups in total. The quantitative estimate of drug-likeness (QED) is 0.126. The van der Waals surface area contributed by atoms with Crippen molar-refractivity contribution in [3.05, 3.63) is 85.4 Å². The normalized spacial score (nSPS) is 16.6. The molecule has 4 rings (SSSR count). The van der Waals surface area contributed by atoms with Gasteiger partial charge in [-0.3, -0.25) is 24.6 Å². The number of benzene rings is 2. The maximum absolute atomic E-state index is 13.3. The maximum Gasteiger partial charge on any atom is 0.350 e. The molecule has 1 aliphatic rings. The molecule has 0 radical (unpaired) electrons. The van der Waals surface area contributed by atoms with E-state index in [1.165, 1.54) is 38.5 Å². The predicted octanol–water partition coefficient (Wildman–Crippen LogP) is 4.09. The smallest absolute Gasteiger partial charge is 0.350 e. The summed E-state index contributed by atoms with van der Waals surface area (Å²) in [5.41, 5.74) is 0.783. The number of non-ortho nitro benzene ring substituents is 1. The summed E-state index contributed by atoms with van der Waals surface area (Å²) in [6, 6.07) is 8.95. The first-order chi connectivity index (χ1) is 17.6. The van der Waals surface area contributed by atoms with E-state index in [0.717, 1.165) is 16.2 Å². The van der Waals surface area contributed by atoms with Crippen LogP contribution in [0.25, 0.3) is 5.76 Å². The minimum absolute atomic E-state index is 0.00186. The molecule has 0 saturated carbocycles. The highest BCUT2D eigenvalue weighted by Gasteiger charge is 2.49. The Morgan fingerprint density at radius 3 is 2.51 bits per heavy atom. The molecule has 37 heavy (non-hydrogen) atoms. The fourth-order valence-electron chi connectivity index (χ4n) is 4.09. The first kappa shape index (κ1) is 25.5. The summed E-state index contributed by atoms with van der Waals surface area (Å²) >= 11 is 0.834. The number of hydrogen-bond acceptors (Lipinski definition) is 10. The molecule has 3 aromatic rings. The van der Waals surface area contributed by atoms with Gasteiger partial charge in [-0.1, -0.05) is 23.5 Å². The number of aliphatic hydroxyl groups is 1. The molecule has 0 bridgehead atoms. The highest BCUT2D eigenvalue weighted by molar-refractivity contribution is 7.17. The highest BCUT2D eigenvalue weighted by Crippen LogP contribution is 2.44. The zero-order valence-electron chi connectivity index (χ0n) is 20.2. The van der Waals surface area contributed by atoms with Gasteiger partial charge in [-0.15, -0.1) is 0 Å². The van der Waals surface area contributed by atoms with Gasteiger partial charge in [0.2, 0.25) is 0 Å². The molecule has 1 aromatic heterocycles. The fourth-order valence-corrected chi connectivity index (χ4v) is 5.11. The number of Topliss-reactive ketones (excluding diaryl/α,β-unsaturated/α-hetero) is 1. The molecule has 1 fully saturated rings. The van der Waals surface area contributed by atoms with Crippen LogP contribution in [0.1, 0.15) is 38.1 Å². The number of ether oxygens (including phenoxy) is 2. The average molecular weight is 524 g/mol. The van der Waals surface area contributed by atoms with Crippen LogP contribution >= 0.6 is 11.3 Å². The molecule has 1 saturated heterocycles. The molecule has 0 unspecified atom stereocenters. The van der Waals surface area contributed by atoms with Crippen LogP contribution in [0.2, 0.25) is 0 Å². The van der Waals surface area contributed by atoms with Gasteiger partial charge in [-0.2, -0.15) is 0 Å². The van der Waals surface area contributed by atoms with Crippen molar-refractivity contribution in [3.8, 4) is 5.75 Å². The lowest BCUT2D eigenvalue weighted by Crippen LogP contribution is -2.29. The van der Waals surface area contributed by atoms with Crippen molar-refractivity contribution in [2.45, 2.75) is 19.9 Å². The van der Waals surface area contributed by atoms with Gasteiger partial charge in [0.05, 0.1) is 36.5 Å². The Bertz CT molecular complexity index is 1490. The van der Waals surface area contributed by atoms with Crippen LogP contribution in [0.5, 0.6) is 5.75 Å². The van der Waals surface area contributed by atoms with Gasteiger partial charge < -0.3 is 14.6 Å². The SMILES string of the molecule is COC(=O)c1sc(N2C(=O)C(=O)/C(=C(/O)c3ccc(OC)cc3C)[C@H]2c2cccc([N+](=O)[O-])c2)nc1C. The Morgan fingerprint density at radius 1 is 1.16 bits per heavy atom. The van der Waals surface area contributed by atoms with Crippen molar-refractivity contribution in [1.82, 2.24) is 4.98 Å². The van der Waals surface area contributed by atoms with E-state index in [4.69, 9.17) is 9.47 Å². The van der Waals surface area contributed by atoms with Gasteiger partial charge in [0.1, 0.15) is 16.4 Å². The lowest BCUT2D eigenvalue weighted by molar-refractivity contribution is -0.384. The van der Waals surface area contributed by atoms with Gasteiger partial charge >= 0.3 is 11.9 Å². The van der Waals surface area contributed by atoms with Gasteiger partial charge in [-0.25, -0.2) is 9.78 Å². The van der Waals surface area contributed by atoms with Crippen molar-refractivity contribution in [1.29, 1.82) is 0 Å². The van der Waals surface area contributed by atoms with Gasteiger partial charge in [0, 0.05) is 17.7 Å². The molecular formula is C25H21N3O8S. The number of esters is 1. The number of ketones is 1. The average Bonchev–Trinajstić information content (AvgIpc) is 3.39. The van der Waals surface area contributed by atoms with Crippen LogP contribution < -0.4 is 9.64 Å². The van der Waals surface area contributed by atoms with Crippen LogP contribution in [0.4, 0.5) is 10.8 Å². The summed E-state index contributed by atoms with van der Waals surface area (Å²) in [5, 5.41) is 22.8. The number of carbonyl (C=O) groups excluding carboxylic acids is 3. The number of methoxy groups -OCH3 is 2. The number of anilines is 1. The number of nitrogens with zero attached hydrogens (tertiary/aromatic N) is 3. The van der Waals surface area contributed by atoms with E-state index in [1.54, 1.807) is 32.0 Å². The van der Waals surface area contributed by atoms with Crippen LogP contribution in [-0.4, -0.2) is 46.9 Å². The second-order valence-electron chi connectivity index (χ2n) is 8.10. The van der Waals surface area contributed by atoms with Crippen LogP contribution in [0.15, 0.2) is 48.0 Å². The van der Waals surface area contributed by atoms with E-state index in [2.05, 4.69) is 4.98 Å². The Balaban J connectivity index is 1.98. The third-order valence-electron chi connectivity index (χ3n) is 5.89. The standard InChI is InChI=1S/C25H21N3O8S/c1-12-10-16(35-3)8-9-17(12)20(29)18-19(14-6-5-7-15(11-14)28(33)34)27(23(31)21(18)30)25-26-13(2)22(37-25)24(32)36-4/h5-11,19,29H,1-4H3/b20-18+/t19-/m1/s1. The highest BCUT2D eigenvalue weighted by atomic mass is 32.1. The predicted molar refractivity (Wildman–Crippen MR) is 134 cm³/mol. The van der Waals surface area contributed by atoms with E-state index in [1.807, 2.05) is 0 Å². The van der Waals surface area contributed by atoms with Crippen molar-refractivity contribution >= 4 is 45.6 Å². The number of nitro benzene ring substituents is 1. The summed E-state index contributed by atoms with van der Waals surface area (Å²) in [6.45, 7) is 3.24. The van der Waals surface area contributed by atoms with Gasteiger partial charge in [0.15, 0.2) is 5.13 Å². The molecule has 0 spiro atoms. The lowest BCUT2D eigenvalue weighted by atomic mass is 9.93. The number of aryl methyl sites for hydroxylation is 2. The summed E-state index contributed by atoms with van der Waals surface area (Å²) in [7, 11) is 2.69. The lowest BCUT2D eigenvalue weighted by Gasteiger charge is -2.23. The number of thiazole rings is 1. The molecule has 11 nitrogen and oxygen atoms in total. The number of carbonyl (C=O) groups is 3. The summed E-state index contributed by atoms with van der Waals surface area (Å²) < 4.78 is 9.97. The number of rotatable bonds is 6. The molecule has 1 amide bonds. The van der Waals surface area contributed by atoms with E-state index >= 15 is 0 Å². The molecule has 2 heterocycles. The van der Waals surface area contributed by atoms with Crippen molar-refractivity contribution in [2.24, 2.45) is 0 Å². The number of aromatic nitrogens is 1. The van der Waals surface area contributed by atoms with E-state index in [0.29, 0.717) is 11.3 Å². The van der Waals surface area contributed by atoms with Crippen LogP contribution in [0, 0.1) is 24.0 Å². The second kappa shape index (κ2) is 9.82. The van der Waals surface area contributed by atoms with Crippen molar-refractivity contribution < 1.29 is 33.9 Å². The molecule has 2 aromatic carbocycles. The second-order valence-corrected chi connectivity index (χ2v) is 9.08. The molecule has 1 atom stereocenters. The number of nitro groups is 1. The van der Waals surface area contributed by atoms with E-state index in [-0.39, 0.29) is 38.1 Å². The van der Waals surface area contributed by atoms with Crippen LogP contribution in [-0.2, 0) is 14.3 Å². The molecule has 190 valence electrons. The molecule has 0 aliphatic carbocycles. The first-order valence-corrected chi connectivity index (χ1v) is 11.7.